The third-order valence-electron chi connectivity index (χ3n) is 5.80. The first-order chi connectivity index (χ1) is 12.3. The Bertz CT molecular complexity index is 908. The number of fused-ring (bicyclic) bond motifs is 1. The summed E-state index contributed by atoms with van der Waals surface area (Å²) in [7, 11) is 0. The minimum atomic E-state index is -0.380. The van der Waals surface area contributed by atoms with Gasteiger partial charge in [0.2, 0.25) is 0 Å². The summed E-state index contributed by atoms with van der Waals surface area (Å²) in [4.78, 5) is 12.9. The number of nitrogens with zero attached hydrogens (tertiary/aromatic N) is 3. The Morgan fingerprint density at radius 3 is 2.42 bits per heavy atom. The summed E-state index contributed by atoms with van der Waals surface area (Å²) in [5, 5.41) is 14.8. The van der Waals surface area contributed by atoms with Gasteiger partial charge in [0.1, 0.15) is 0 Å². The number of carbonyl (C=O) groups is 1. The lowest BCUT2D eigenvalue weighted by molar-refractivity contribution is 0.0898. The van der Waals surface area contributed by atoms with Crippen LogP contribution in [0.3, 0.4) is 0 Å². The molecule has 0 bridgehead atoms. The van der Waals surface area contributed by atoms with Gasteiger partial charge in [-0.1, -0.05) is 39.8 Å². The number of ketones is 1. The largest absolute Gasteiger partial charge is 0.294 e. The molecule has 1 fully saturated rings. The Balaban J connectivity index is 1.92. The first-order valence-corrected chi connectivity index (χ1v) is 9.49. The van der Waals surface area contributed by atoms with Gasteiger partial charge in [-0.2, -0.15) is 10.4 Å². The van der Waals surface area contributed by atoms with Gasteiger partial charge in [-0.3, -0.25) is 4.79 Å². The quantitative estimate of drug-likeness (QED) is 0.777. The molecule has 4 rings (SSSR count). The van der Waals surface area contributed by atoms with Crippen molar-refractivity contribution in [3.05, 3.63) is 46.8 Å². The number of hydrogen-bond acceptors (Lipinski definition) is 3. The van der Waals surface area contributed by atoms with E-state index in [1.54, 1.807) is 0 Å². The Hall–Kier alpha value is -2.41. The van der Waals surface area contributed by atoms with Crippen LogP contribution in [0.15, 0.2) is 24.3 Å². The summed E-state index contributed by atoms with van der Waals surface area (Å²) in [5.41, 5.74) is 4.26. The normalized spacial score (nSPS) is 21.5. The van der Waals surface area contributed by atoms with E-state index in [1.807, 2.05) is 18.5 Å². The van der Waals surface area contributed by atoms with E-state index in [2.05, 4.69) is 44.2 Å². The highest BCUT2D eigenvalue weighted by molar-refractivity contribution is 6.01. The fourth-order valence-corrected chi connectivity index (χ4v) is 4.05. The number of aromatic nitrogens is 2. The maximum atomic E-state index is 12.9. The predicted octanol–water partition coefficient (Wildman–Crippen LogP) is 5.09. The van der Waals surface area contributed by atoms with Gasteiger partial charge >= 0.3 is 0 Å². The van der Waals surface area contributed by atoms with Crippen molar-refractivity contribution in [3.8, 4) is 11.8 Å². The Morgan fingerprint density at radius 2 is 1.88 bits per heavy atom. The van der Waals surface area contributed by atoms with E-state index in [-0.39, 0.29) is 17.1 Å². The summed E-state index contributed by atoms with van der Waals surface area (Å²) < 4.78 is 1.87. The Kier molecular flexibility index (Phi) is 3.80. The number of rotatable bonds is 3. The van der Waals surface area contributed by atoms with E-state index in [4.69, 9.17) is 5.10 Å². The van der Waals surface area contributed by atoms with Crippen molar-refractivity contribution in [1.82, 2.24) is 9.78 Å². The number of hydrogen-bond donors (Lipinski definition) is 0. The Labute approximate surface area is 154 Å². The number of benzene rings is 1. The lowest BCUT2D eigenvalue weighted by Crippen LogP contribution is -2.32. The van der Waals surface area contributed by atoms with Gasteiger partial charge in [-0.05, 0) is 41.9 Å². The van der Waals surface area contributed by atoms with Crippen LogP contribution < -0.4 is 0 Å². The van der Waals surface area contributed by atoms with Gasteiger partial charge in [0.25, 0.3) is 0 Å². The molecule has 2 aromatic rings. The molecule has 0 spiro atoms. The summed E-state index contributed by atoms with van der Waals surface area (Å²) in [6.07, 6.45) is 2.59. The van der Waals surface area contributed by atoms with Crippen LogP contribution in [0.4, 0.5) is 0 Å². The standard InChI is InChI=1S/C22H25N3O/c1-13(2)14-7-9-16(10-8-14)25-21-17(12-23)22(3,4)11-18(26)19(21)20(24-25)15-5-6-15/h7-10,13,15,17H,5-6,11H2,1-4H3. The van der Waals surface area contributed by atoms with E-state index >= 15 is 0 Å². The lowest BCUT2D eigenvalue weighted by atomic mass is 9.68. The molecule has 134 valence electrons. The number of Topliss-reactive ketones (excluding diaryl/α,β-unsaturated/α-hetero) is 1. The van der Waals surface area contributed by atoms with Crippen LogP contribution in [0.25, 0.3) is 5.69 Å². The topological polar surface area (TPSA) is 58.7 Å². The van der Waals surface area contributed by atoms with Gasteiger partial charge < -0.3 is 0 Å². The molecule has 26 heavy (non-hydrogen) atoms. The molecule has 1 saturated carbocycles. The second kappa shape index (κ2) is 5.81. The highest BCUT2D eigenvalue weighted by Crippen LogP contribution is 2.50. The van der Waals surface area contributed by atoms with Crippen molar-refractivity contribution in [2.75, 3.05) is 0 Å². The summed E-state index contributed by atoms with van der Waals surface area (Å²) in [5.74, 6) is 0.651. The van der Waals surface area contributed by atoms with Crippen molar-refractivity contribution in [1.29, 1.82) is 5.26 Å². The van der Waals surface area contributed by atoms with Crippen LogP contribution >= 0.6 is 0 Å². The van der Waals surface area contributed by atoms with E-state index in [1.165, 1.54) is 5.56 Å². The lowest BCUT2D eigenvalue weighted by Gasteiger charge is -2.34. The highest BCUT2D eigenvalue weighted by Gasteiger charge is 2.46. The molecule has 0 aliphatic heterocycles. The fourth-order valence-electron chi connectivity index (χ4n) is 4.05. The molecule has 2 aliphatic carbocycles. The molecule has 0 saturated heterocycles. The fraction of sp³-hybridized carbons (Fsp3) is 0.500. The van der Waals surface area contributed by atoms with Gasteiger partial charge in [-0.15, -0.1) is 0 Å². The zero-order chi connectivity index (χ0) is 18.6. The predicted molar refractivity (Wildman–Crippen MR) is 101 cm³/mol. The molecule has 1 unspecified atom stereocenters. The summed E-state index contributed by atoms with van der Waals surface area (Å²) in [6, 6.07) is 10.8. The van der Waals surface area contributed by atoms with Crippen LogP contribution in [-0.2, 0) is 0 Å². The maximum absolute atomic E-state index is 12.9. The van der Waals surface area contributed by atoms with E-state index in [0.717, 1.165) is 35.5 Å². The second-order valence-electron chi connectivity index (χ2n) is 8.73. The average molecular weight is 347 g/mol. The first kappa shape index (κ1) is 17.0. The van der Waals surface area contributed by atoms with E-state index in [9.17, 15) is 10.1 Å². The zero-order valence-corrected chi connectivity index (χ0v) is 15.9. The van der Waals surface area contributed by atoms with Crippen LogP contribution in [0.5, 0.6) is 0 Å². The maximum Gasteiger partial charge on any atom is 0.167 e. The van der Waals surface area contributed by atoms with Gasteiger partial charge in [-0.25, -0.2) is 4.68 Å². The van der Waals surface area contributed by atoms with Gasteiger partial charge in [0, 0.05) is 12.3 Å². The smallest absolute Gasteiger partial charge is 0.167 e. The zero-order valence-electron chi connectivity index (χ0n) is 15.9. The molecule has 0 radical (unpaired) electrons. The molecule has 0 N–H and O–H groups in total. The van der Waals surface area contributed by atoms with Crippen molar-refractivity contribution >= 4 is 5.78 Å². The number of nitriles is 1. The van der Waals surface area contributed by atoms with Gasteiger partial charge in [0.05, 0.1) is 34.6 Å². The van der Waals surface area contributed by atoms with Crippen molar-refractivity contribution in [2.24, 2.45) is 5.41 Å². The first-order valence-electron chi connectivity index (χ1n) is 9.49. The highest BCUT2D eigenvalue weighted by atomic mass is 16.1. The minimum absolute atomic E-state index is 0.142. The average Bonchev–Trinajstić information content (AvgIpc) is 3.35. The molecule has 4 heteroatoms. The molecule has 1 heterocycles. The third kappa shape index (κ3) is 2.58. The second-order valence-corrected chi connectivity index (χ2v) is 8.73. The van der Waals surface area contributed by atoms with Crippen LogP contribution in [-0.4, -0.2) is 15.6 Å². The molecule has 0 amide bonds. The summed E-state index contributed by atoms with van der Waals surface area (Å²) >= 11 is 0. The van der Waals surface area contributed by atoms with E-state index in [0.29, 0.717) is 18.3 Å². The molecule has 4 nitrogen and oxygen atoms in total. The molecule has 1 aromatic carbocycles. The molecule has 2 aliphatic rings. The summed E-state index contributed by atoms with van der Waals surface area (Å²) in [6.45, 7) is 8.36. The van der Waals surface area contributed by atoms with Crippen molar-refractivity contribution in [2.45, 2.75) is 64.7 Å². The SMILES string of the molecule is CC(C)c1ccc(-n2nc(C3CC3)c3c2C(C#N)C(C)(C)CC3=O)cc1. The van der Waals surface area contributed by atoms with Crippen LogP contribution in [0.2, 0.25) is 0 Å². The van der Waals surface area contributed by atoms with Gasteiger partial charge in [0.15, 0.2) is 5.78 Å². The van der Waals surface area contributed by atoms with Crippen LogP contribution in [0, 0.1) is 16.7 Å². The molecule has 1 aromatic heterocycles. The van der Waals surface area contributed by atoms with Crippen molar-refractivity contribution in [3.63, 3.8) is 0 Å². The molecular weight excluding hydrogens is 322 g/mol. The van der Waals surface area contributed by atoms with Crippen LogP contribution in [0.1, 0.15) is 92.0 Å². The molecular formula is C22H25N3O. The Morgan fingerprint density at radius 1 is 1.23 bits per heavy atom. The minimum Gasteiger partial charge on any atom is -0.294 e. The van der Waals surface area contributed by atoms with E-state index < -0.39 is 0 Å². The van der Waals surface area contributed by atoms with Crippen molar-refractivity contribution < 1.29 is 4.79 Å². The third-order valence-corrected chi connectivity index (χ3v) is 5.80. The molecule has 1 atom stereocenters. The number of carbonyl (C=O) groups excluding carboxylic acids is 1. The monoisotopic (exact) mass is 347 g/mol.